The molecule has 6 aromatic carbocycles. The number of ether oxygens (including phenoxy) is 1. The van der Waals surface area contributed by atoms with Gasteiger partial charge in [-0.25, -0.2) is 29.7 Å². The van der Waals surface area contributed by atoms with Crippen molar-refractivity contribution in [2.75, 3.05) is 23.1 Å². The van der Waals surface area contributed by atoms with E-state index in [0.29, 0.717) is 78.5 Å². The molecule has 18 aromatic rings. The Labute approximate surface area is 652 Å². The van der Waals surface area contributed by atoms with Crippen LogP contribution in [0.1, 0.15) is 73.1 Å². The van der Waals surface area contributed by atoms with E-state index in [4.69, 9.17) is 4.74 Å². The molecule has 0 saturated heterocycles. The lowest BCUT2D eigenvalue weighted by Crippen LogP contribution is -2.26. The van der Waals surface area contributed by atoms with E-state index in [-0.39, 0.29) is 34.8 Å². The molecule has 0 amide bonds. The van der Waals surface area contributed by atoms with Gasteiger partial charge in [-0.1, -0.05) is 115 Å². The molecule has 12 heterocycles. The fraction of sp³-hybridized carbons (Fsp3) is 0.110. The van der Waals surface area contributed by atoms with E-state index in [0.717, 1.165) is 88.9 Å². The van der Waals surface area contributed by atoms with Gasteiger partial charge in [0.05, 0.1) is 52.4 Å². The minimum Gasteiger partial charge on any atom is -0.467 e. The van der Waals surface area contributed by atoms with Crippen LogP contribution in [0.2, 0.25) is 0 Å². The Bertz CT molecular complexity index is 6920. The lowest BCUT2D eigenvalue weighted by Gasteiger charge is -2.22. The first kappa shape index (κ1) is 73.0. The molecule has 4 N–H and O–H groups in total. The van der Waals surface area contributed by atoms with Crippen LogP contribution in [0.3, 0.4) is 0 Å². The standard InChI is InChI=1S/C31H26N6O.C31H25N5O.C29H23N7O3/c1-19-15-23(18-32-17-19)25-12-7-9-22-16-27(37(31(38)28(22)25)24-10-5-4-6-11-24)20(2)34-30-29-26(13-8-14-33-29)35-21(3)36-30;1-20-18-23(14-16-32-20)26-12-6-8-24-19-27(36(31(37)28(24)26)25-10-4-3-5-11-25)21(2)35-30-29-22(13-17-34-30)9-7-15-33-29;1-17(33-26-25-22(12-7-13-30-25)34-28(38)35-26)23-14-18-8-6-11-21(19-15-31-29(39-2)32-16-19)24(18)27(37)36(23)20-9-4-3-5-10-20/h4-18,20H,1-3H3,(H,34,35,36);3-19,21H,1-2H3,(H,34,35);3-17H,1-2H3,(H2,33,34,35,38)/t20-;21-;17-/m000/s1. The Hall–Kier alpha value is -15.1. The Kier molecular flexibility index (Phi) is 20.4. The molecule has 0 aliphatic carbocycles. The predicted octanol–water partition coefficient (Wildman–Crippen LogP) is 16.9. The number of rotatable bonds is 16. The third-order valence-corrected chi connectivity index (χ3v) is 19.7. The Morgan fingerprint density at radius 3 is 1.39 bits per heavy atom. The van der Waals surface area contributed by atoms with Crippen molar-refractivity contribution in [3.63, 3.8) is 0 Å². The number of nitrogens with one attached hydrogen (secondary N) is 4. The number of pyridine rings is 9. The van der Waals surface area contributed by atoms with Crippen molar-refractivity contribution >= 4 is 82.7 Å². The van der Waals surface area contributed by atoms with Crippen molar-refractivity contribution in [1.82, 2.24) is 73.5 Å². The van der Waals surface area contributed by atoms with Crippen LogP contribution in [-0.4, -0.2) is 80.6 Å². The van der Waals surface area contributed by atoms with Gasteiger partial charge in [0.1, 0.15) is 22.4 Å². The largest absolute Gasteiger partial charge is 0.467 e. The molecule has 12 aromatic heterocycles. The predicted molar refractivity (Wildman–Crippen MR) is 450 cm³/mol. The molecular formula is C91H74N18O5. The molecule has 0 saturated carbocycles. The number of H-pyrrole nitrogens is 1. The third kappa shape index (κ3) is 14.7. The molecule has 0 bridgehead atoms. The van der Waals surface area contributed by atoms with Crippen LogP contribution in [0.5, 0.6) is 6.01 Å². The summed E-state index contributed by atoms with van der Waals surface area (Å²) in [6, 6.07) is 71.2. The zero-order chi connectivity index (χ0) is 78.5. The number of para-hydroxylation sites is 3. The summed E-state index contributed by atoms with van der Waals surface area (Å²) in [7, 11) is 1.50. The van der Waals surface area contributed by atoms with Gasteiger partial charge in [0.2, 0.25) is 0 Å². The molecule has 0 fully saturated rings. The first-order valence-corrected chi connectivity index (χ1v) is 37.0. The van der Waals surface area contributed by atoms with Gasteiger partial charge in [-0.15, -0.1) is 0 Å². The average Bonchev–Trinajstić information content (AvgIpc) is 0.757. The van der Waals surface area contributed by atoms with Crippen LogP contribution in [0.25, 0.3) is 116 Å². The molecule has 0 radical (unpaired) electrons. The number of hydrogen-bond acceptors (Lipinski definition) is 19. The highest BCUT2D eigenvalue weighted by Crippen LogP contribution is 2.36. The SMILES string of the molecule is COc1ncc(-c2cccc3cc([C@H](C)Nc4nc(=O)[nH]c5cccnc45)n(-c4ccccc4)c(=O)c23)cn1.Cc1cc(-c2cccc3cc([C@H](C)Nc4nccc5cccnc45)n(-c4ccccc4)c(=O)c23)ccn1.Cc1cncc(-c2cccc3cc([C@H](C)Nc4nc(C)nc5cccnc45)n(-c4ccccc4)c(=O)c23)c1. The summed E-state index contributed by atoms with van der Waals surface area (Å²) in [6.45, 7) is 11.8. The second-order valence-electron chi connectivity index (χ2n) is 27.5. The fourth-order valence-electron chi connectivity index (χ4n) is 14.6. The van der Waals surface area contributed by atoms with Crippen LogP contribution >= 0.6 is 0 Å². The second kappa shape index (κ2) is 31.8. The maximum absolute atomic E-state index is 14.3. The maximum atomic E-state index is 14.3. The third-order valence-electron chi connectivity index (χ3n) is 19.7. The number of anilines is 3. The lowest BCUT2D eigenvalue weighted by atomic mass is 9.98. The number of nitrogens with zero attached hydrogens (tertiary/aromatic N) is 14. The summed E-state index contributed by atoms with van der Waals surface area (Å²) in [5.74, 6) is 2.29. The number of aromatic nitrogens is 15. The van der Waals surface area contributed by atoms with E-state index in [9.17, 15) is 19.2 Å². The van der Waals surface area contributed by atoms with Crippen molar-refractivity contribution in [3.05, 3.63) is 356 Å². The molecule has 18 rings (SSSR count). The molecule has 0 aliphatic rings. The smallest absolute Gasteiger partial charge is 0.347 e. The molecule has 23 heteroatoms. The lowest BCUT2D eigenvalue weighted by molar-refractivity contribution is 0.380. The zero-order valence-corrected chi connectivity index (χ0v) is 63.1. The number of aryl methyl sites for hydroxylation is 3. The van der Waals surface area contributed by atoms with Crippen LogP contribution in [0.15, 0.2) is 299 Å². The van der Waals surface area contributed by atoms with Crippen molar-refractivity contribution in [2.45, 2.75) is 59.7 Å². The number of hydrogen-bond donors (Lipinski definition) is 4. The normalized spacial score (nSPS) is 12.0. The molecule has 0 aliphatic heterocycles. The second-order valence-corrected chi connectivity index (χ2v) is 27.5. The first-order valence-electron chi connectivity index (χ1n) is 37.0. The fourth-order valence-corrected chi connectivity index (χ4v) is 14.6. The van der Waals surface area contributed by atoms with E-state index in [1.54, 1.807) is 69.2 Å². The van der Waals surface area contributed by atoms with Crippen molar-refractivity contribution in [2.24, 2.45) is 0 Å². The number of methoxy groups -OCH3 is 1. The highest BCUT2D eigenvalue weighted by molar-refractivity contribution is 5.99. The minimum absolute atomic E-state index is 0.0681. The van der Waals surface area contributed by atoms with Crippen LogP contribution in [0.4, 0.5) is 17.5 Å². The Morgan fingerprint density at radius 2 is 0.851 bits per heavy atom. The van der Waals surface area contributed by atoms with Gasteiger partial charge in [0, 0.05) is 112 Å². The summed E-state index contributed by atoms with van der Waals surface area (Å²) in [5, 5.41) is 15.7. The van der Waals surface area contributed by atoms with Crippen molar-refractivity contribution in [1.29, 1.82) is 0 Å². The first-order chi connectivity index (χ1) is 55.6. The van der Waals surface area contributed by atoms with Gasteiger partial charge in [-0.3, -0.25) is 53.0 Å². The summed E-state index contributed by atoms with van der Waals surface area (Å²) < 4.78 is 10.4. The van der Waals surface area contributed by atoms with Gasteiger partial charge in [0.25, 0.3) is 16.7 Å². The van der Waals surface area contributed by atoms with Gasteiger partial charge in [0.15, 0.2) is 17.5 Å². The zero-order valence-electron chi connectivity index (χ0n) is 63.1. The van der Waals surface area contributed by atoms with E-state index < -0.39 is 11.7 Å². The number of aromatic amines is 1. The summed E-state index contributed by atoms with van der Waals surface area (Å²) in [6.07, 6.45) is 15.6. The molecule has 114 heavy (non-hydrogen) atoms. The Morgan fingerprint density at radius 1 is 0.377 bits per heavy atom. The monoisotopic (exact) mass is 1500 g/mol. The average molecular weight is 1500 g/mol. The summed E-state index contributed by atoms with van der Waals surface area (Å²) >= 11 is 0. The summed E-state index contributed by atoms with van der Waals surface area (Å²) in [4.78, 5) is 106. The van der Waals surface area contributed by atoms with E-state index in [1.807, 2.05) is 248 Å². The van der Waals surface area contributed by atoms with Gasteiger partial charge in [-0.05, 0) is 195 Å². The number of benzene rings is 6. The van der Waals surface area contributed by atoms with Crippen LogP contribution in [0, 0.1) is 20.8 Å². The highest BCUT2D eigenvalue weighted by atomic mass is 16.5. The summed E-state index contributed by atoms with van der Waals surface area (Å²) in [5.41, 5.74) is 14.1. The molecule has 3 atom stereocenters. The van der Waals surface area contributed by atoms with E-state index in [2.05, 4.69) is 94.0 Å². The topological polar surface area (TPSA) is 286 Å². The van der Waals surface area contributed by atoms with Gasteiger partial charge in [-0.2, -0.15) is 4.98 Å². The number of fused-ring (bicyclic) bond motifs is 6. The molecule has 0 unspecified atom stereocenters. The van der Waals surface area contributed by atoms with Crippen LogP contribution < -0.4 is 43.1 Å². The molecule has 0 spiro atoms. The van der Waals surface area contributed by atoms with Crippen molar-refractivity contribution in [3.8, 4) is 56.5 Å². The van der Waals surface area contributed by atoms with Gasteiger partial charge >= 0.3 is 11.7 Å². The Balaban J connectivity index is 0.000000129. The molecule has 558 valence electrons. The molecule has 23 nitrogen and oxygen atoms in total. The van der Waals surface area contributed by atoms with E-state index >= 15 is 0 Å². The molecular weight excluding hydrogens is 1430 g/mol. The highest BCUT2D eigenvalue weighted by Gasteiger charge is 2.25. The minimum atomic E-state index is -0.490. The van der Waals surface area contributed by atoms with Crippen LogP contribution in [-0.2, 0) is 0 Å². The van der Waals surface area contributed by atoms with E-state index in [1.165, 1.54) is 7.11 Å². The van der Waals surface area contributed by atoms with Crippen molar-refractivity contribution < 1.29 is 4.74 Å². The quantitative estimate of drug-likeness (QED) is 0.0699. The van der Waals surface area contributed by atoms with Gasteiger partial charge < -0.3 is 25.7 Å². The maximum Gasteiger partial charge on any atom is 0.347 e.